The van der Waals surface area contributed by atoms with Crippen LogP contribution < -0.4 is 5.32 Å². The number of likely N-dealkylation sites (N-methyl/N-ethyl adjacent to an activating group) is 1. The van der Waals surface area contributed by atoms with Crippen molar-refractivity contribution in [2.24, 2.45) is 0 Å². The Morgan fingerprint density at radius 3 is 2.78 bits per heavy atom. The molecule has 0 fully saturated rings. The van der Waals surface area contributed by atoms with Crippen molar-refractivity contribution in [1.82, 2.24) is 5.32 Å². The van der Waals surface area contributed by atoms with Gasteiger partial charge in [0.15, 0.2) is 0 Å². The smallest absolute Gasteiger partial charge is 0.256 e. The first kappa shape index (κ1) is 13.0. The maximum atomic E-state index is 12.8. The SMILES string of the molecule is CCNC(C(F)F)C(O)c1ccc2ccoc2c1. The highest BCUT2D eigenvalue weighted by atomic mass is 19.3. The van der Waals surface area contributed by atoms with E-state index < -0.39 is 18.6 Å². The average molecular weight is 255 g/mol. The molecule has 5 heteroatoms. The fourth-order valence-corrected chi connectivity index (χ4v) is 1.94. The Hall–Kier alpha value is -1.46. The van der Waals surface area contributed by atoms with Gasteiger partial charge in [-0.25, -0.2) is 8.78 Å². The maximum absolute atomic E-state index is 12.8. The molecule has 0 bridgehead atoms. The number of furan rings is 1. The van der Waals surface area contributed by atoms with Crippen LogP contribution >= 0.6 is 0 Å². The van der Waals surface area contributed by atoms with Crippen LogP contribution in [0, 0.1) is 0 Å². The number of halogens is 2. The first-order valence-corrected chi connectivity index (χ1v) is 5.80. The van der Waals surface area contributed by atoms with Crippen molar-refractivity contribution in [1.29, 1.82) is 0 Å². The Balaban J connectivity index is 2.27. The van der Waals surface area contributed by atoms with Gasteiger partial charge in [0.2, 0.25) is 0 Å². The Kier molecular flexibility index (Phi) is 3.93. The van der Waals surface area contributed by atoms with Crippen molar-refractivity contribution in [3.63, 3.8) is 0 Å². The van der Waals surface area contributed by atoms with Gasteiger partial charge in [-0.2, -0.15) is 0 Å². The summed E-state index contributed by atoms with van der Waals surface area (Å²) in [6, 6.07) is 5.47. The fourth-order valence-electron chi connectivity index (χ4n) is 1.94. The number of aliphatic hydroxyl groups excluding tert-OH is 1. The monoisotopic (exact) mass is 255 g/mol. The summed E-state index contributed by atoms with van der Waals surface area (Å²) >= 11 is 0. The zero-order valence-corrected chi connectivity index (χ0v) is 9.94. The molecule has 98 valence electrons. The van der Waals surface area contributed by atoms with E-state index in [-0.39, 0.29) is 0 Å². The molecule has 0 aliphatic heterocycles. The predicted molar refractivity (Wildman–Crippen MR) is 64.6 cm³/mol. The summed E-state index contributed by atoms with van der Waals surface area (Å²) in [5.74, 6) is 0. The average Bonchev–Trinajstić information content (AvgIpc) is 2.81. The van der Waals surface area contributed by atoms with Crippen molar-refractivity contribution in [3.05, 3.63) is 36.1 Å². The lowest BCUT2D eigenvalue weighted by atomic mass is 10.0. The fraction of sp³-hybridized carbons (Fsp3) is 0.385. The molecule has 2 atom stereocenters. The minimum Gasteiger partial charge on any atom is -0.464 e. The summed E-state index contributed by atoms with van der Waals surface area (Å²) < 4.78 is 30.9. The van der Waals surface area contributed by atoms with Crippen LogP contribution in [0.25, 0.3) is 11.0 Å². The third-order valence-corrected chi connectivity index (χ3v) is 2.87. The van der Waals surface area contributed by atoms with Gasteiger partial charge >= 0.3 is 0 Å². The molecule has 1 aromatic carbocycles. The highest BCUT2D eigenvalue weighted by Crippen LogP contribution is 2.25. The van der Waals surface area contributed by atoms with E-state index in [1.165, 1.54) is 6.26 Å². The summed E-state index contributed by atoms with van der Waals surface area (Å²) in [4.78, 5) is 0. The number of aliphatic hydroxyl groups is 1. The molecule has 0 aliphatic rings. The molecule has 0 radical (unpaired) electrons. The van der Waals surface area contributed by atoms with Crippen LogP contribution in [0.3, 0.4) is 0 Å². The van der Waals surface area contributed by atoms with E-state index in [0.717, 1.165) is 5.39 Å². The molecule has 2 unspecified atom stereocenters. The number of fused-ring (bicyclic) bond motifs is 1. The molecule has 0 aliphatic carbocycles. The first-order valence-electron chi connectivity index (χ1n) is 5.80. The van der Waals surface area contributed by atoms with Gasteiger partial charge in [-0.15, -0.1) is 0 Å². The molecule has 18 heavy (non-hydrogen) atoms. The van der Waals surface area contributed by atoms with E-state index >= 15 is 0 Å². The van der Waals surface area contributed by atoms with Crippen LogP contribution in [0.5, 0.6) is 0 Å². The minimum absolute atomic E-state index is 0.370. The van der Waals surface area contributed by atoms with Crippen molar-refractivity contribution >= 4 is 11.0 Å². The Morgan fingerprint density at radius 1 is 1.33 bits per heavy atom. The molecular weight excluding hydrogens is 240 g/mol. The number of alkyl halides is 2. The molecule has 0 saturated carbocycles. The molecule has 2 rings (SSSR count). The first-order chi connectivity index (χ1) is 8.63. The molecule has 3 nitrogen and oxygen atoms in total. The molecule has 0 spiro atoms. The van der Waals surface area contributed by atoms with Gasteiger partial charge in [0.05, 0.1) is 18.4 Å². The second-order valence-electron chi connectivity index (χ2n) is 4.08. The Labute approximate surface area is 103 Å². The van der Waals surface area contributed by atoms with Crippen LogP contribution in [-0.2, 0) is 0 Å². The minimum atomic E-state index is -2.63. The van der Waals surface area contributed by atoms with Crippen LogP contribution in [0.15, 0.2) is 34.9 Å². The van der Waals surface area contributed by atoms with E-state index in [2.05, 4.69) is 5.32 Å². The lowest BCUT2D eigenvalue weighted by Gasteiger charge is -2.23. The predicted octanol–water partition coefficient (Wildman–Crippen LogP) is 2.71. The van der Waals surface area contributed by atoms with E-state index in [4.69, 9.17) is 4.42 Å². The van der Waals surface area contributed by atoms with Crippen LogP contribution in [0.2, 0.25) is 0 Å². The molecule has 1 aromatic heterocycles. The quantitative estimate of drug-likeness (QED) is 0.863. The van der Waals surface area contributed by atoms with Gasteiger partial charge in [-0.05, 0) is 24.2 Å². The summed E-state index contributed by atoms with van der Waals surface area (Å²) in [6.07, 6.45) is -2.37. The lowest BCUT2D eigenvalue weighted by Crippen LogP contribution is -2.40. The summed E-state index contributed by atoms with van der Waals surface area (Å²) in [6.45, 7) is 2.09. The van der Waals surface area contributed by atoms with Crippen molar-refractivity contribution in [2.45, 2.75) is 25.5 Å². The van der Waals surface area contributed by atoms with E-state index in [0.29, 0.717) is 17.7 Å². The zero-order valence-electron chi connectivity index (χ0n) is 9.94. The summed E-state index contributed by atoms with van der Waals surface area (Å²) in [5, 5.41) is 13.5. The Bertz CT molecular complexity index is 512. The van der Waals surface area contributed by atoms with E-state index in [1.807, 2.05) is 0 Å². The van der Waals surface area contributed by atoms with Crippen LogP contribution in [0.1, 0.15) is 18.6 Å². The van der Waals surface area contributed by atoms with Gasteiger partial charge in [-0.1, -0.05) is 19.1 Å². The number of hydrogen-bond donors (Lipinski definition) is 2. The molecule has 2 aromatic rings. The second-order valence-corrected chi connectivity index (χ2v) is 4.08. The number of rotatable bonds is 5. The standard InChI is InChI=1S/C13H15F2NO2/c1-2-16-11(13(14)15)12(17)9-4-3-8-5-6-18-10(8)7-9/h3-7,11-13,16-17H,2H2,1H3. The summed E-state index contributed by atoms with van der Waals surface area (Å²) in [5.41, 5.74) is 1.000. The topological polar surface area (TPSA) is 45.4 Å². The number of benzene rings is 1. The second kappa shape index (κ2) is 5.46. The van der Waals surface area contributed by atoms with Crippen molar-refractivity contribution in [3.8, 4) is 0 Å². The molecule has 0 amide bonds. The van der Waals surface area contributed by atoms with Crippen molar-refractivity contribution in [2.75, 3.05) is 6.54 Å². The number of nitrogens with one attached hydrogen (secondary N) is 1. The molecule has 0 saturated heterocycles. The highest BCUT2D eigenvalue weighted by molar-refractivity contribution is 5.77. The zero-order chi connectivity index (χ0) is 13.1. The Morgan fingerprint density at radius 2 is 2.11 bits per heavy atom. The van der Waals surface area contributed by atoms with E-state index in [1.54, 1.807) is 31.2 Å². The summed E-state index contributed by atoms with van der Waals surface area (Å²) in [7, 11) is 0. The van der Waals surface area contributed by atoms with Gasteiger partial charge in [0, 0.05) is 5.39 Å². The molecule has 2 N–H and O–H groups in total. The van der Waals surface area contributed by atoms with E-state index in [9.17, 15) is 13.9 Å². The normalized spacial score (nSPS) is 15.2. The van der Waals surface area contributed by atoms with Crippen LogP contribution in [0.4, 0.5) is 8.78 Å². The largest absolute Gasteiger partial charge is 0.464 e. The van der Waals surface area contributed by atoms with Gasteiger partial charge < -0.3 is 14.8 Å². The van der Waals surface area contributed by atoms with Gasteiger partial charge in [0.25, 0.3) is 6.43 Å². The van der Waals surface area contributed by atoms with Crippen LogP contribution in [-0.4, -0.2) is 24.1 Å². The molecule has 1 heterocycles. The highest BCUT2D eigenvalue weighted by Gasteiger charge is 2.28. The third kappa shape index (κ3) is 2.52. The molecular formula is C13H15F2NO2. The third-order valence-electron chi connectivity index (χ3n) is 2.87. The maximum Gasteiger partial charge on any atom is 0.256 e. The van der Waals surface area contributed by atoms with Gasteiger partial charge in [0.1, 0.15) is 5.58 Å². The number of hydrogen-bond acceptors (Lipinski definition) is 3. The lowest BCUT2D eigenvalue weighted by molar-refractivity contribution is 0.0182. The van der Waals surface area contributed by atoms with Crippen molar-refractivity contribution < 1.29 is 18.3 Å². The van der Waals surface area contributed by atoms with Gasteiger partial charge in [-0.3, -0.25) is 0 Å².